The maximum absolute atomic E-state index is 12.1. The lowest BCUT2D eigenvalue weighted by atomic mass is 10.0. The van der Waals surface area contributed by atoms with Crippen LogP contribution in [0.3, 0.4) is 0 Å². The minimum Gasteiger partial charge on any atom is -0.493 e. The molecule has 0 aliphatic rings. The van der Waals surface area contributed by atoms with E-state index in [1.54, 1.807) is 38.5 Å². The molecule has 2 rings (SSSR count). The van der Waals surface area contributed by atoms with Crippen LogP contribution < -0.4 is 9.47 Å². The first-order valence-electron chi connectivity index (χ1n) is 6.99. The smallest absolute Gasteiger partial charge is 0.269 e. The van der Waals surface area contributed by atoms with Gasteiger partial charge in [0.2, 0.25) is 0 Å². The van der Waals surface area contributed by atoms with Crippen LogP contribution in [0.1, 0.15) is 11.1 Å². The highest BCUT2D eigenvalue weighted by atomic mass is 16.6. The first kappa shape index (κ1) is 16.5. The lowest BCUT2D eigenvalue weighted by Gasteiger charge is -2.09. The van der Waals surface area contributed by atoms with E-state index in [9.17, 15) is 14.9 Å². The van der Waals surface area contributed by atoms with E-state index in [1.807, 2.05) is 6.07 Å². The number of non-ortho nitro benzene ring substituents is 1. The number of methoxy groups -OCH3 is 2. The fraction of sp³-hybridized carbons (Fsp3) is 0.235. The van der Waals surface area contributed by atoms with Crippen molar-refractivity contribution in [3.8, 4) is 11.5 Å². The summed E-state index contributed by atoms with van der Waals surface area (Å²) in [6, 6.07) is 11.3. The zero-order valence-corrected chi connectivity index (χ0v) is 12.9. The van der Waals surface area contributed by atoms with Crippen molar-refractivity contribution in [3.63, 3.8) is 0 Å². The number of nitro groups is 1. The zero-order valence-electron chi connectivity index (χ0n) is 12.9. The molecule has 0 saturated heterocycles. The van der Waals surface area contributed by atoms with Gasteiger partial charge in [-0.05, 0) is 23.3 Å². The second kappa shape index (κ2) is 7.40. The van der Waals surface area contributed by atoms with Gasteiger partial charge in [-0.1, -0.05) is 18.2 Å². The Hall–Kier alpha value is -2.89. The van der Waals surface area contributed by atoms with Crippen molar-refractivity contribution in [1.82, 2.24) is 0 Å². The van der Waals surface area contributed by atoms with E-state index in [0.29, 0.717) is 11.5 Å². The Balaban J connectivity index is 2.03. The van der Waals surface area contributed by atoms with E-state index in [0.717, 1.165) is 11.1 Å². The van der Waals surface area contributed by atoms with Crippen molar-refractivity contribution < 1.29 is 19.2 Å². The lowest BCUT2D eigenvalue weighted by Crippen LogP contribution is -2.07. The molecule has 0 amide bonds. The number of nitrogens with zero attached hydrogens (tertiary/aromatic N) is 1. The molecule has 0 aromatic heterocycles. The monoisotopic (exact) mass is 315 g/mol. The molecule has 6 nitrogen and oxygen atoms in total. The third kappa shape index (κ3) is 4.29. The summed E-state index contributed by atoms with van der Waals surface area (Å²) in [4.78, 5) is 22.3. The van der Waals surface area contributed by atoms with E-state index in [4.69, 9.17) is 9.47 Å². The van der Waals surface area contributed by atoms with Crippen molar-refractivity contribution in [3.05, 3.63) is 63.7 Å². The Kier molecular flexibility index (Phi) is 5.30. The molecule has 0 saturated carbocycles. The number of hydrogen-bond acceptors (Lipinski definition) is 5. The molecule has 0 aliphatic carbocycles. The highest BCUT2D eigenvalue weighted by Gasteiger charge is 2.10. The molecule has 0 radical (unpaired) electrons. The Morgan fingerprint density at radius 1 is 0.957 bits per heavy atom. The molecule has 120 valence electrons. The van der Waals surface area contributed by atoms with Crippen molar-refractivity contribution in [1.29, 1.82) is 0 Å². The quantitative estimate of drug-likeness (QED) is 0.580. The second-order valence-electron chi connectivity index (χ2n) is 5.01. The standard InChI is InChI=1S/C17H17NO5/c1-22-16-8-5-13(11-17(16)23-2)10-15(19)9-12-3-6-14(7-4-12)18(20)21/h3-8,11H,9-10H2,1-2H3. The lowest BCUT2D eigenvalue weighted by molar-refractivity contribution is -0.384. The number of ketones is 1. The van der Waals surface area contributed by atoms with Crippen molar-refractivity contribution >= 4 is 11.5 Å². The van der Waals surface area contributed by atoms with Crippen LogP contribution in [0.4, 0.5) is 5.69 Å². The number of nitro benzene ring substituents is 1. The van der Waals surface area contributed by atoms with Gasteiger partial charge in [-0.25, -0.2) is 0 Å². The second-order valence-corrected chi connectivity index (χ2v) is 5.01. The number of rotatable bonds is 7. The van der Waals surface area contributed by atoms with Crippen LogP contribution in [0, 0.1) is 10.1 Å². The molecule has 2 aromatic rings. The summed E-state index contributed by atoms with van der Waals surface area (Å²) in [5, 5.41) is 10.6. The molecular weight excluding hydrogens is 298 g/mol. The summed E-state index contributed by atoms with van der Waals surface area (Å²) in [7, 11) is 3.09. The molecule has 6 heteroatoms. The first-order valence-corrected chi connectivity index (χ1v) is 6.99. The summed E-state index contributed by atoms with van der Waals surface area (Å²) >= 11 is 0. The first-order chi connectivity index (χ1) is 11.0. The molecule has 0 fully saturated rings. The van der Waals surface area contributed by atoms with Crippen LogP contribution in [-0.2, 0) is 17.6 Å². The van der Waals surface area contributed by atoms with Gasteiger partial charge in [-0.3, -0.25) is 14.9 Å². The topological polar surface area (TPSA) is 78.7 Å². The molecule has 0 spiro atoms. The minimum absolute atomic E-state index is 0.0149. The molecular formula is C17H17NO5. The van der Waals surface area contributed by atoms with Crippen LogP contribution in [0.15, 0.2) is 42.5 Å². The van der Waals surface area contributed by atoms with Crippen LogP contribution >= 0.6 is 0 Å². The highest BCUT2D eigenvalue weighted by Crippen LogP contribution is 2.27. The van der Waals surface area contributed by atoms with E-state index >= 15 is 0 Å². The van der Waals surface area contributed by atoms with Gasteiger partial charge in [0.1, 0.15) is 5.78 Å². The van der Waals surface area contributed by atoms with Gasteiger partial charge in [0.05, 0.1) is 19.1 Å². The van der Waals surface area contributed by atoms with E-state index in [-0.39, 0.29) is 24.3 Å². The number of carbonyl (C=O) groups excluding carboxylic acids is 1. The Morgan fingerprint density at radius 3 is 2.09 bits per heavy atom. The molecule has 0 aliphatic heterocycles. The number of carbonyl (C=O) groups is 1. The minimum atomic E-state index is -0.463. The molecule has 23 heavy (non-hydrogen) atoms. The summed E-state index contributed by atoms with van der Waals surface area (Å²) in [6.45, 7) is 0. The fourth-order valence-electron chi connectivity index (χ4n) is 2.24. The van der Waals surface area contributed by atoms with Gasteiger partial charge in [0, 0.05) is 25.0 Å². The molecule has 0 bridgehead atoms. The summed E-state index contributed by atoms with van der Waals surface area (Å²) in [6.07, 6.45) is 0.490. The molecule has 2 aromatic carbocycles. The van der Waals surface area contributed by atoms with Crippen LogP contribution in [0.5, 0.6) is 11.5 Å². The van der Waals surface area contributed by atoms with Crippen LogP contribution in [0.2, 0.25) is 0 Å². The molecule has 0 heterocycles. The normalized spacial score (nSPS) is 10.2. The van der Waals surface area contributed by atoms with Gasteiger partial charge in [0.25, 0.3) is 5.69 Å². The maximum atomic E-state index is 12.1. The SMILES string of the molecule is COc1ccc(CC(=O)Cc2ccc([N+](=O)[O-])cc2)cc1OC. The van der Waals surface area contributed by atoms with E-state index < -0.39 is 4.92 Å². The summed E-state index contributed by atoms with van der Waals surface area (Å²) in [5.41, 5.74) is 1.59. The summed E-state index contributed by atoms with van der Waals surface area (Å²) < 4.78 is 10.4. The predicted octanol–water partition coefficient (Wildman–Crippen LogP) is 2.97. The van der Waals surface area contributed by atoms with Crippen molar-refractivity contribution in [2.24, 2.45) is 0 Å². The fourth-order valence-corrected chi connectivity index (χ4v) is 2.24. The highest BCUT2D eigenvalue weighted by molar-refractivity contribution is 5.83. The predicted molar refractivity (Wildman–Crippen MR) is 85.1 cm³/mol. The largest absolute Gasteiger partial charge is 0.493 e. The van der Waals surface area contributed by atoms with E-state index in [1.165, 1.54) is 12.1 Å². The van der Waals surface area contributed by atoms with Gasteiger partial charge in [-0.2, -0.15) is 0 Å². The van der Waals surface area contributed by atoms with Gasteiger partial charge >= 0.3 is 0 Å². The Labute approximate surface area is 133 Å². The zero-order chi connectivity index (χ0) is 16.8. The van der Waals surface area contributed by atoms with Crippen molar-refractivity contribution in [2.45, 2.75) is 12.8 Å². The van der Waals surface area contributed by atoms with Gasteiger partial charge < -0.3 is 9.47 Å². The van der Waals surface area contributed by atoms with Crippen LogP contribution in [0.25, 0.3) is 0 Å². The number of Topliss-reactive ketones (excluding diaryl/α,β-unsaturated/α-hetero) is 1. The molecule has 0 atom stereocenters. The average molecular weight is 315 g/mol. The number of benzene rings is 2. The van der Waals surface area contributed by atoms with E-state index in [2.05, 4.69) is 0 Å². The number of ether oxygens (including phenoxy) is 2. The number of hydrogen-bond donors (Lipinski definition) is 0. The maximum Gasteiger partial charge on any atom is 0.269 e. The summed E-state index contributed by atoms with van der Waals surface area (Å²) in [5.74, 6) is 1.21. The molecule has 0 N–H and O–H groups in total. The van der Waals surface area contributed by atoms with Crippen molar-refractivity contribution in [2.75, 3.05) is 14.2 Å². The van der Waals surface area contributed by atoms with Gasteiger partial charge in [-0.15, -0.1) is 0 Å². The van der Waals surface area contributed by atoms with Crippen LogP contribution in [-0.4, -0.2) is 24.9 Å². The average Bonchev–Trinajstić information content (AvgIpc) is 2.55. The third-order valence-corrected chi connectivity index (χ3v) is 3.40. The Morgan fingerprint density at radius 2 is 1.52 bits per heavy atom. The third-order valence-electron chi connectivity index (χ3n) is 3.40. The Bertz CT molecular complexity index is 709. The van der Waals surface area contributed by atoms with Gasteiger partial charge in [0.15, 0.2) is 11.5 Å². The molecule has 0 unspecified atom stereocenters.